The Kier molecular flexibility index (Phi) is 2.30. The minimum absolute atomic E-state index is 0.0632. The van der Waals surface area contributed by atoms with Crippen molar-refractivity contribution in [1.82, 2.24) is 5.32 Å². The molecule has 0 bridgehead atoms. The molecular weight excluding hydrogens is 152 g/mol. The topological polar surface area (TPSA) is 44.6 Å². The average molecular weight is 168 g/mol. The molecule has 0 radical (unpaired) electrons. The highest BCUT2D eigenvalue weighted by atomic mass is 16.3. The number of amidine groups is 1. The fraction of sp³-hybridized carbons (Fsp3) is 0.889. The van der Waals surface area contributed by atoms with E-state index >= 15 is 0 Å². The maximum Gasteiger partial charge on any atom is 0.0965 e. The predicted molar refractivity (Wildman–Crippen MR) is 48.3 cm³/mol. The lowest BCUT2D eigenvalue weighted by molar-refractivity contribution is 0.0696. The first kappa shape index (κ1) is 8.05. The Bertz CT molecular complexity index is 185. The third-order valence-electron chi connectivity index (χ3n) is 2.61. The first-order chi connectivity index (χ1) is 5.84. The third kappa shape index (κ3) is 1.78. The van der Waals surface area contributed by atoms with Crippen LogP contribution in [0.2, 0.25) is 0 Å². The Morgan fingerprint density at radius 1 is 1.33 bits per heavy atom. The number of aliphatic hydroxyl groups excluding tert-OH is 1. The zero-order valence-electron chi connectivity index (χ0n) is 7.29. The molecule has 1 fully saturated rings. The van der Waals surface area contributed by atoms with Gasteiger partial charge in [-0.2, -0.15) is 0 Å². The first-order valence-electron chi connectivity index (χ1n) is 4.82. The molecule has 12 heavy (non-hydrogen) atoms. The van der Waals surface area contributed by atoms with Crippen LogP contribution < -0.4 is 5.32 Å². The van der Waals surface area contributed by atoms with Crippen LogP contribution >= 0.6 is 0 Å². The van der Waals surface area contributed by atoms with Gasteiger partial charge in [-0.15, -0.1) is 0 Å². The molecule has 3 nitrogen and oxygen atoms in total. The number of nitrogens with zero attached hydrogens (tertiary/aromatic N) is 1. The summed E-state index contributed by atoms with van der Waals surface area (Å²) in [5.74, 6) is 1.16. The molecule has 2 aliphatic rings. The quantitative estimate of drug-likeness (QED) is 0.605. The Morgan fingerprint density at radius 2 is 2.17 bits per heavy atom. The van der Waals surface area contributed by atoms with Crippen molar-refractivity contribution >= 4 is 5.84 Å². The summed E-state index contributed by atoms with van der Waals surface area (Å²) in [5, 5.41) is 12.4. The van der Waals surface area contributed by atoms with E-state index in [2.05, 4.69) is 10.3 Å². The van der Waals surface area contributed by atoms with Crippen LogP contribution in [0.15, 0.2) is 4.99 Å². The van der Waals surface area contributed by atoms with Gasteiger partial charge in [0.1, 0.15) is 0 Å². The number of rotatable bonds is 1. The second kappa shape index (κ2) is 3.44. The van der Waals surface area contributed by atoms with Gasteiger partial charge < -0.3 is 10.4 Å². The highest BCUT2D eigenvalue weighted by molar-refractivity contribution is 5.83. The van der Waals surface area contributed by atoms with Crippen LogP contribution in [-0.4, -0.2) is 29.6 Å². The molecule has 1 aliphatic heterocycles. The molecule has 2 N–H and O–H groups in total. The van der Waals surface area contributed by atoms with E-state index in [9.17, 15) is 0 Å². The Balaban J connectivity index is 1.75. The molecule has 0 unspecified atom stereocenters. The van der Waals surface area contributed by atoms with Gasteiger partial charge in [0.25, 0.3) is 0 Å². The smallest absolute Gasteiger partial charge is 0.0965 e. The molecule has 1 aliphatic carbocycles. The van der Waals surface area contributed by atoms with Crippen LogP contribution in [0.25, 0.3) is 0 Å². The van der Waals surface area contributed by atoms with Gasteiger partial charge in [-0.05, 0) is 25.7 Å². The van der Waals surface area contributed by atoms with Gasteiger partial charge in [-0.1, -0.05) is 0 Å². The summed E-state index contributed by atoms with van der Waals surface area (Å²) in [6.07, 6.45) is 5.34. The van der Waals surface area contributed by atoms with Crippen molar-refractivity contribution in [2.45, 2.75) is 44.2 Å². The van der Waals surface area contributed by atoms with Crippen LogP contribution in [0.3, 0.4) is 0 Å². The fourth-order valence-corrected chi connectivity index (χ4v) is 1.76. The molecule has 0 aromatic carbocycles. The number of hydrogen-bond donors (Lipinski definition) is 2. The lowest BCUT2D eigenvalue weighted by Crippen LogP contribution is -2.47. The molecule has 68 valence electrons. The second-order valence-corrected chi connectivity index (χ2v) is 3.75. The van der Waals surface area contributed by atoms with Crippen molar-refractivity contribution in [3.05, 3.63) is 0 Å². The summed E-state index contributed by atoms with van der Waals surface area (Å²) in [5.41, 5.74) is 0. The first-order valence-corrected chi connectivity index (χ1v) is 4.82. The van der Waals surface area contributed by atoms with E-state index in [4.69, 9.17) is 5.11 Å². The van der Waals surface area contributed by atoms with Gasteiger partial charge in [-0.3, -0.25) is 4.99 Å². The minimum Gasteiger partial charge on any atom is -0.393 e. The molecule has 0 spiro atoms. The molecular formula is C9H16N2O. The lowest BCUT2D eigenvalue weighted by atomic mass is 9.89. The Morgan fingerprint density at radius 3 is 2.75 bits per heavy atom. The standard InChI is InChI=1S/C9H16N2O/c12-8-5-7(6-8)11-9-3-1-2-4-10-9/h7-8,12H,1-6H2,(H,10,11). The molecule has 0 atom stereocenters. The van der Waals surface area contributed by atoms with Crippen LogP contribution in [0.4, 0.5) is 0 Å². The summed E-state index contributed by atoms with van der Waals surface area (Å²) >= 11 is 0. The van der Waals surface area contributed by atoms with E-state index in [0.29, 0.717) is 6.04 Å². The summed E-state index contributed by atoms with van der Waals surface area (Å²) in [6, 6.07) is 0.497. The monoisotopic (exact) mass is 168 g/mol. The zero-order valence-corrected chi connectivity index (χ0v) is 7.29. The molecule has 2 rings (SSSR count). The van der Waals surface area contributed by atoms with Gasteiger partial charge in [0, 0.05) is 19.0 Å². The van der Waals surface area contributed by atoms with Crippen molar-refractivity contribution in [2.75, 3.05) is 6.54 Å². The van der Waals surface area contributed by atoms with Crippen molar-refractivity contribution in [3.8, 4) is 0 Å². The summed E-state index contributed by atoms with van der Waals surface area (Å²) in [6.45, 7) is 0.984. The number of hydrogen-bond acceptors (Lipinski definition) is 3. The van der Waals surface area contributed by atoms with E-state index in [1.807, 2.05) is 0 Å². The van der Waals surface area contributed by atoms with Crippen LogP contribution in [0, 0.1) is 0 Å². The number of aliphatic imine (C=N–C) groups is 1. The molecule has 0 aromatic heterocycles. The zero-order chi connectivity index (χ0) is 8.39. The molecule has 0 saturated heterocycles. The normalized spacial score (nSPS) is 35.2. The number of aliphatic hydroxyl groups is 1. The lowest BCUT2D eigenvalue weighted by Gasteiger charge is -2.33. The highest BCUT2D eigenvalue weighted by Gasteiger charge is 2.27. The second-order valence-electron chi connectivity index (χ2n) is 3.75. The van der Waals surface area contributed by atoms with E-state index in [1.165, 1.54) is 12.8 Å². The summed E-state index contributed by atoms with van der Waals surface area (Å²) in [4.78, 5) is 4.40. The molecule has 1 saturated carbocycles. The van der Waals surface area contributed by atoms with Crippen molar-refractivity contribution in [1.29, 1.82) is 0 Å². The van der Waals surface area contributed by atoms with Crippen molar-refractivity contribution in [3.63, 3.8) is 0 Å². The van der Waals surface area contributed by atoms with Gasteiger partial charge in [-0.25, -0.2) is 0 Å². The van der Waals surface area contributed by atoms with Gasteiger partial charge in [0.05, 0.1) is 11.9 Å². The predicted octanol–water partition coefficient (Wildman–Crippen LogP) is 0.682. The Hall–Kier alpha value is -0.570. The molecule has 1 heterocycles. The largest absolute Gasteiger partial charge is 0.393 e. The van der Waals surface area contributed by atoms with Crippen molar-refractivity contribution < 1.29 is 5.11 Å². The number of nitrogens with one attached hydrogen (secondary N) is 1. The van der Waals surface area contributed by atoms with E-state index in [0.717, 1.165) is 31.6 Å². The molecule has 3 heteroatoms. The maximum atomic E-state index is 9.07. The minimum atomic E-state index is -0.0632. The van der Waals surface area contributed by atoms with Crippen LogP contribution in [0.5, 0.6) is 0 Å². The molecule has 0 amide bonds. The maximum absolute atomic E-state index is 9.07. The molecule has 0 aromatic rings. The highest BCUT2D eigenvalue weighted by Crippen LogP contribution is 2.20. The van der Waals surface area contributed by atoms with Gasteiger partial charge >= 0.3 is 0 Å². The van der Waals surface area contributed by atoms with Crippen LogP contribution in [-0.2, 0) is 0 Å². The van der Waals surface area contributed by atoms with E-state index < -0.39 is 0 Å². The van der Waals surface area contributed by atoms with E-state index in [-0.39, 0.29) is 6.10 Å². The fourth-order valence-electron chi connectivity index (χ4n) is 1.76. The average Bonchev–Trinajstić information content (AvgIpc) is 2.04. The summed E-state index contributed by atoms with van der Waals surface area (Å²) in [7, 11) is 0. The summed E-state index contributed by atoms with van der Waals surface area (Å²) < 4.78 is 0. The van der Waals surface area contributed by atoms with Gasteiger partial charge in [0.2, 0.25) is 0 Å². The SMILES string of the molecule is OC1CC(NC2=NCCCC2)C1. The van der Waals surface area contributed by atoms with Gasteiger partial charge in [0.15, 0.2) is 0 Å². The van der Waals surface area contributed by atoms with Crippen LogP contribution in [0.1, 0.15) is 32.1 Å². The van der Waals surface area contributed by atoms with Crippen molar-refractivity contribution in [2.24, 2.45) is 4.99 Å². The third-order valence-corrected chi connectivity index (χ3v) is 2.61. The Labute approximate surface area is 72.9 Å². The van der Waals surface area contributed by atoms with E-state index in [1.54, 1.807) is 0 Å².